The van der Waals surface area contributed by atoms with Gasteiger partial charge in [-0.3, -0.25) is 0 Å². The second-order valence-electron chi connectivity index (χ2n) is 3.03. The largest absolute Gasteiger partial charge is 0.388 e. The maximum atomic E-state index is 12.4. The van der Waals surface area contributed by atoms with Crippen LogP contribution in [0.5, 0.6) is 0 Å². The van der Waals surface area contributed by atoms with Crippen LogP contribution in [0.15, 0.2) is 0 Å². The highest BCUT2D eigenvalue weighted by Crippen LogP contribution is 2.16. The fourth-order valence-electron chi connectivity index (χ4n) is 1.12. The summed E-state index contributed by atoms with van der Waals surface area (Å²) < 4.78 is 16.6. The lowest BCUT2D eigenvalue weighted by Gasteiger charge is -2.11. The molecule has 1 saturated heterocycles. The first-order valence-corrected chi connectivity index (χ1v) is 4.86. The van der Waals surface area contributed by atoms with Gasteiger partial charge < -0.3 is 9.64 Å². The molecule has 0 spiro atoms. The standard InChI is InChI=1S/C6H12FN.C2H6O.C2H6/c1-5-3-6(7)4-8(5)2;1-3-2;1-2/h5-6H,3-4H2,1-2H3;1-2H3;1-2H3. The van der Waals surface area contributed by atoms with Crippen molar-refractivity contribution in [3.8, 4) is 0 Å². The van der Waals surface area contributed by atoms with Crippen LogP contribution in [0, 0.1) is 0 Å². The molecule has 1 rings (SSSR count). The second-order valence-corrected chi connectivity index (χ2v) is 3.03. The first kappa shape index (κ1) is 15.3. The van der Waals surface area contributed by atoms with E-state index in [9.17, 15) is 4.39 Å². The van der Waals surface area contributed by atoms with Crippen molar-refractivity contribution < 1.29 is 9.13 Å². The average molecular weight is 193 g/mol. The summed E-state index contributed by atoms with van der Waals surface area (Å²) in [5.74, 6) is 0. The molecule has 2 unspecified atom stereocenters. The smallest absolute Gasteiger partial charge is 0.114 e. The van der Waals surface area contributed by atoms with Crippen LogP contribution in [0.2, 0.25) is 0 Å². The van der Waals surface area contributed by atoms with Gasteiger partial charge in [0.25, 0.3) is 0 Å². The molecule has 0 saturated carbocycles. The number of likely N-dealkylation sites (tertiary alicyclic amines) is 1. The molecular formula is C10H24FNO. The Morgan fingerprint density at radius 2 is 1.69 bits per heavy atom. The van der Waals surface area contributed by atoms with Crippen LogP contribution in [0.25, 0.3) is 0 Å². The summed E-state index contributed by atoms with van der Waals surface area (Å²) in [7, 11) is 5.21. The number of nitrogens with zero attached hydrogens (tertiary/aromatic N) is 1. The van der Waals surface area contributed by atoms with Crippen molar-refractivity contribution in [2.24, 2.45) is 0 Å². The molecule has 0 radical (unpaired) electrons. The third-order valence-corrected chi connectivity index (χ3v) is 1.84. The zero-order chi connectivity index (χ0) is 10.9. The summed E-state index contributed by atoms with van der Waals surface area (Å²) in [5, 5.41) is 0. The molecule has 1 aliphatic heterocycles. The van der Waals surface area contributed by atoms with Crippen LogP contribution in [-0.4, -0.2) is 44.9 Å². The highest BCUT2D eigenvalue weighted by molar-refractivity contribution is 4.79. The van der Waals surface area contributed by atoms with Gasteiger partial charge >= 0.3 is 0 Å². The maximum Gasteiger partial charge on any atom is 0.114 e. The van der Waals surface area contributed by atoms with Gasteiger partial charge in [-0.15, -0.1) is 0 Å². The molecule has 2 atom stereocenters. The zero-order valence-corrected chi connectivity index (χ0v) is 9.80. The first-order valence-electron chi connectivity index (χ1n) is 4.86. The zero-order valence-electron chi connectivity index (χ0n) is 9.80. The van der Waals surface area contributed by atoms with Crippen LogP contribution in [-0.2, 0) is 4.74 Å². The number of rotatable bonds is 0. The van der Waals surface area contributed by atoms with Crippen LogP contribution >= 0.6 is 0 Å². The summed E-state index contributed by atoms with van der Waals surface area (Å²) in [6.07, 6.45) is 0.145. The Balaban J connectivity index is 0. The first-order chi connectivity index (χ1) is 6.11. The molecule has 0 bridgehead atoms. The summed E-state index contributed by atoms with van der Waals surface area (Å²) >= 11 is 0. The molecule has 0 amide bonds. The van der Waals surface area contributed by atoms with Crippen molar-refractivity contribution >= 4 is 0 Å². The van der Waals surface area contributed by atoms with E-state index in [-0.39, 0.29) is 0 Å². The van der Waals surface area contributed by atoms with Crippen molar-refractivity contribution in [1.82, 2.24) is 4.90 Å². The van der Waals surface area contributed by atoms with Crippen molar-refractivity contribution in [2.75, 3.05) is 27.8 Å². The number of hydrogen-bond donors (Lipinski definition) is 0. The molecule has 0 N–H and O–H groups in total. The van der Waals surface area contributed by atoms with Gasteiger partial charge in [0.2, 0.25) is 0 Å². The second kappa shape index (κ2) is 9.93. The third kappa shape index (κ3) is 8.19. The van der Waals surface area contributed by atoms with Crippen molar-refractivity contribution in [3.05, 3.63) is 0 Å². The van der Waals surface area contributed by atoms with E-state index < -0.39 is 6.17 Å². The fraction of sp³-hybridized carbons (Fsp3) is 1.00. The van der Waals surface area contributed by atoms with Crippen molar-refractivity contribution in [1.29, 1.82) is 0 Å². The van der Waals surface area contributed by atoms with Gasteiger partial charge in [0, 0.05) is 26.8 Å². The Hall–Kier alpha value is -0.150. The minimum atomic E-state index is -0.574. The predicted molar refractivity (Wildman–Crippen MR) is 55.9 cm³/mol. The molecular weight excluding hydrogens is 169 g/mol. The Morgan fingerprint density at radius 3 is 1.77 bits per heavy atom. The fourth-order valence-corrected chi connectivity index (χ4v) is 1.12. The van der Waals surface area contributed by atoms with Crippen LogP contribution in [0.1, 0.15) is 27.2 Å². The summed E-state index contributed by atoms with van der Waals surface area (Å²) in [6.45, 7) is 6.68. The Bertz CT molecular complexity index is 90.9. The molecule has 82 valence electrons. The Labute approximate surface area is 82.1 Å². The Morgan fingerprint density at radius 1 is 1.31 bits per heavy atom. The summed E-state index contributed by atoms with van der Waals surface area (Å²) in [6, 6.07) is 0.449. The molecule has 3 heteroatoms. The molecule has 0 aromatic rings. The van der Waals surface area contributed by atoms with E-state index in [1.807, 2.05) is 25.8 Å². The molecule has 1 heterocycles. The molecule has 1 fully saturated rings. The minimum Gasteiger partial charge on any atom is -0.388 e. The SMILES string of the molecule is CC.CC1CC(F)CN1C.COC. The van der Waals surface area contributed by atoms with Crippen LogP contribution < -0.4 is 0 Å². The van der Waals surface area contributed by atoms with Gasteiger partial charge in [-0.25, -0.2) is 4.39 Å². The topological polar surface area (TPSA) is 12.5 Å². The maximum absolute atomic E-state index is 12.4. The van der Waals surface area contributed by atoms with E-state index in [4.69, 9.17) is 0 Å². The van der Waals surface area contributed by atoms with Gasteiger partial charge in [0.1, 0.15) is 6.17 Å². The molecule has 2 nitrogen and oxygen atoms in total. The lowest BCUT2D eigenvalue weighted by Crippen LogP contribution is -2.21. The number of alkyl halides is 1. The normalized spacial score (nSPS) is 27.0. The molecule has 0 aromatic heterocycles. The van der Waals surface area contributed by atoms with Gasteiger partial charge in [0.15, 0.2) is 0 Å². The Kier molecular flexibility index (Phi) is 11.7. The molecule has 13 heavy (non-hydrogen) atoms. The van der Waals surface area contributed by atoms with E-state index in [1.54, 1.807) is 14.2 Å². The highest BCUT2D eigenvalue weighted by atomic mass is 19.1. The number of methoxy groups -OCH3 is 1. The quantitative estimate of drug-likeness (QED) is 0.585. The van der Waals surface area contributed by atoms with E-state index in [2.05, 4.69) is 11.7 Å². The van der Waals surface area contributed by atoms with Crippen molar-refractivity contribution in [3.63, 3.8) is 0 Å². The van der Waals surface area contributed by atoms with Gasteiger partial charge in [-0.05, 0) is 20.4 Å². The third-order valence-electron chi connectivity index (χ3n) is 1.84. The average Bonchev–Trinajstić information content (AvgIpc) is 2.35. The van der Waals surface area contributed by atoms with Gasteiger partial charge in [-0.1, -0.05) is 13.8 Å². The van der Waals surface area contributed by atoms with Crippen LogP contribution in [0.4, 0.5) is 4.39 Å². The van der Waals surface area contributed by atoms with E-state index in [1.165, 1.54) is 0 Å². The summed E-state index contributed by atoms with van der Waals surface area (Å²) in [5.41, 5.74) is 0. The van der Waals surface area contributed by atoms with E-state index >= 15 is 0 Å². The molecule has 1 aliphatic rings. The lowest BCUT2D eigenvalue weighted by molar-refractivity contribution is 0.277. The summed E-state index contributed by atoms with van der Waals surface area (Å²) in [4.78, 5) is 2.05. The minimum absolute atomic E-state index is 0.449. The molecule has 0 aliphatic carbocycles. The monoisotopic (exact) mass is 193 g/mol. The van der Waals surface area contributed by atoms with Gasteiger partial charge in [-0.2, -0.15) is 0 Å². The van der Waals surface area contributed by atoms with Gasteiger partial charge in [0.05, 0.1) is 0 Å². The number of halogens is 1. The highest BCUT2D eigenvalue weighted by Gasteiger charge is 2.24. The van der Waals surface area contributed by atoms with Crippen LogP contribution in [0.3, 0.4) is 0 Å². The lowest BCUT2D eigenvalue weighted by atomic mass is 10.2. The van der Waals surface area contributed by atoms with E-state index in [0.29, 0.717) is 12.6 Å². The number of ether oxygens (including phenoxy) is 1. The van der Waals surface area contributed by atoms with E-state index in [0.717, 1.165) is 6.42 Å². The predicted octanol–water partition coefficient (Wildman–Crippen LogP) is 2.34. The van der Waals surface area contributed by atoms with Crippen molar-refractivity contribution in [2.45, 2.75) is 39.4 Å². The number of hydrogen-bond acceptors (Lipinski definition) is 2. The molecule has 0 aromatic carbocycles.